The number of hydrogen-bond donors (Lipinski definition) is 2. The summed E-state index contributed by atoms with van der Waals surface area (Å²) in [4.78, 5) is 0. The van der Waals surface area contributed by atoms with Crippen LogP contribution < -0.4 is 5.32 Å². The van der Waals surface area contributed by atoms with Crippen LogP contribution in [0, 0.1) is 11.8 Å². The molecule has 10 heavy (non-hydrogen) atoms. The van der Waals surface area contributed by atoms with Crippen LogP contribution in [0.1, 0.15) is 6.42 Å². The van der Waals surface area contributed by atoms with Crippen LogP contribution in [0.2, 0.25) is 0 Å². The van der Waals surface area contributed by atoms with Crippen LogP contribution in [0.25, 0.3) is 0 Å². The molecule has 3 nitrogen and oxygen atoms in total. The molecule has 1 rings (SSSR count). The van der Waals surface area contributed by atoms with E-state index < -0.39 is 0 Å². The van der Waals surface area contributed by atoms with E-state index >= 15 is 0 Å². The molecule has 1 unspecified atom stereocenters. The van der Waals surface area contributed by atoms with Crippen LogP contribution in [-0.4, -0.2) is 36.5 Å². The zero-order valence-corrected chi connectivity index (χ0v) is 5.95. The van der Waals surface area contributed by atoms with Crippen LogP contribution in [-0.2, 0) is 0 Å². The summed E-state index contributed by atoms with van der Waals surface area (Å²) in [6.45, 7) is 1.74. The molecular formula is C7H13NO2. The zero-order valence-electron chi connectivity index (χ0n) is 5.95. The summed E-state index contributed by atoms with van der Waals surface area (Å²) < 4.78 is 0. The lowest BCUT2D eigenvalue weighted by Gasteiger charge is -2.27. The summed E-state index contributed by atoms with van der Waals surface area (Å²) in [5, 5.41) is 21.7. The lowest BCUT2D eigenvalue weighted by atomic mass is 9.88. The van der Waals surface area contributed by atoms with Crippen molar-refractivity contribution in [2.75, 3.05) is 26.3 Å². The van der Waals surface area contributed by atoms with Gasteiger partial charge in [0.05, 0.1) is 0 Å². The first kappa shape index (κ1) is 7.98. The van der Waals surface area contributed by atoms with Crippen molar-refractivity contribution in [3.63, 3.8) is 0 Å². The average Bonchev–Trinajstić information content (AvgIpc) is 2.04. The van der Waals surface area contributed by atoms with E-state index in [-0.39, 0.29) is 19.1 Å². The Hall–Kier alpha value is -0.120. The molecule has 1 saturated heterocycles. The summed E-state index contributed by atoms with van der Waals surface area (Å²) in [6, 6.07) is 0. The number of rotatable bonds is 2. The molecule has 0 aliphatic carbocycles. The maximum Gasteiger partial charge on any atom is 0.0498 e. The molecule has 1 atom stereocenters. The van der Waals surface area contributed by atoms with Crippen molar-refractivity contribution in [3.8, 4) is 0 Å². The summed E-state index contributed by atoms with van der Waals surface area (Å²) in [5.74, 6) is 1.18. The fourth-order valence-electron chi connectivity index (χ4n) is 1.20. The van der Waals surface area contributed by atoms with Gasteiger partial charge in [-0.3, -0.25) is 0 Å². The molecule has 3 heteroatoms. The second-order valence-corrected chi connectivity index (χ2v) is 2.58. The molecule has 2 N–H and O–H groups in total. The number of piperidine rings is 1. The van der Waals surface area contributed by atoms with Gasteiger partial charge in [0.2, 0.25) is 0 Å². The van der Waals surface area contributed by atoms with Crippen LogP contribution in [0.4, 0.5) is 0 Å². The lowest BCUT2D eigenvalue weighted by molar-refractivity contribution is 0.180. The van der Waals surface area contributed by atoms with Gasteiger partial charge in [-0.25, -0.2) is 5.32 Å². The predicted molar refractivity (Wildman–Crippen MR) is 37.4 cm³/mol. The van der Waals surface area contributed by atoms with E-state index in [1.54, 1.807) is 0 Å². The summed E-state index contributed by atoms with van der Waals surface area (Å²) in [6.07, 6.45) is 0.849. The topological polar surface area (TPSA) is 54.6 Å². The third kappa shape index (κ3) is 1.68. The molecule has 0 bridgehead atoms. The van der Waals surface area contributed by atoms with Gasteiger partial charge >= 0.3 is 0 Å². The molecule has 1 heterocycles. The fraction of sp³-hybridized carbons (Fsp3) is 0.857. The minimum Gasteiger partial charge on any atom is -0.396 e. The standard InChI is InChI=1S/C7H13NO2/c9-4-6-1-2-8-3-7(6)5-10/h7,9-10H,1-5H2. The highest BCUT2D eigenvalue weighted by molar-refractivity contribution is 5.00. The van der Waals surface area contributed by atoms with Gasteiger partial charge in [0.15, 0.2) is 0 Å². The predicted octanol–water partition coefficient (Wildman–Crippen LogP) is -0.830. The van der Waals surface area contributed by atoms with E-state index in [2.05, 4.69) is 5.32 Å². The van der Waals surface area contributed by atoms with Crippen LogP contribution in [0.3, 0.4) is 0 Å². The van der Waals surface area contributed by atoms with Gasteiger partial charge in [-0.1, -0.05) is 0 Å². The number of hydrogen-bond acceptors (Lipinski definition) is 2. The van der Waals surface area contributed by atoms with Crippen molar-refractivity contribution in [2.45, 2.75) is 6.42 Å². The Morgan fingerprint density at radius 3 is 2.80 bits per heavy atom. The van der Waals surface area contributed by atoms with E-state index in [1.165, 1.54) is 0 Å². The van der Waals surface area contributed by atoms with Crippen molar-refractivity contribution in [3.05, 3.63) is 5.92 Å². The number of aliphatic hydroxyl groups is 2. The van der Waals surface area contributed by atoms with Crippen molar-refractivity contribution in [1.82, 2.24) is 5.32 Å². The Morgan fingerprint density at radius 1 is 1.50 bits per heavy atom. The fourth-order valence-corrected chi connectivity index (χ4v) is 1.20. The minimum absolute atomic E-state index is 0.112. The van der Waals surface area contributed by atoms with Crippen LogP contribution >= 0.6 is 0 Å². The van der Waals surface area contributed by atoms with Gasteiger partial charge in [0.25, 0.3) is 0 Å². The molecule has 0 saturated carbocycles. The Kier molecular flexibility index (Phi) is 3.12. The summed E-state index contributed by atoms with van der Waals surface area (Å²) >= 11 is 0. The molecule has 0 aromatic rings. The first-order valence-electron chi connectivity index (χ1n) is 3.58. The van der Waals surface area contributed by atoms with Crippen LogP contribution in [0.15, 0.2) is 0 Å². The highest BCUT2D eigenvalue weighted by Gasteiger charge is 2.24. The van der Waals surface area contributed by atoms with E-state index in [0.717, 1.165) is 18.9 Å². The molecule has 1 aliphatic rings. The molecule has 1 fully saturated rings. The van der Waals surface area contributed by atoms with Gasteiger partial charge < -0.3 is 10.2 Å². The zero-order chi connectivity index (χ0) is 7.40. The molecule has 0 spiro atoms. The summed E-state index contributed by atoms with van der Waals surface area (Å²) in [7, 11) is 0. The first-order valence-corrected chi connectivity index (χ1v) is 3.58. The van der Waals surface area contributed by atoms with Crippen molar-refractivity contribution in [1.29, 1.82) is 0 Å². The SMILES string of the molecule is OC[C]1CC[N]CC1CO. The van der Waals surface area contributed by atoms with Gasteiger partial charge in [0, 0.05) is 38.1 Å². The monoisotopic (exact) mass is 143 g/mol. The maximum atomic E-state index is 8.80. The first-order chi connectivity index (χ1) is 4.88. The average molecular weight is 143 g/mol. The molecular weight excluding hydrogens is 130 g/mol. The lowest BCUT2D eigenvalue weighted by Crippen LogP contribution is -2.34. The largest absolute Gasteiger partial charge is 0.396 e. The highest BCUT2D eigenvalue weighted by atomic mass is 16.3. The molecule has 0 amide bonds. The molecule has 1 aliphatic heterocycles. The van der Waals surface area contributed by atoms with E-state index in [1.807, 2.05) is 0 Å². The van der Waals surface area contributed by atoms with Crippen LogP contribution in [0.5, 0.6) is 0 Å². The minimum atomic E-state index is 0.112. The normalized spacial score (nSPS) is 28.8. The molecule has 58 valence electrons. The number of aliphatic hydroxyl groups excluding tert-OH is 2. The Bertz CT molecular complexity index is 85.6. The van der Waals surface area contributed by atoms with Gasteiger partial charge in [-0.2, -0.15) is 0 Å². The van der Waals surface area contributed by atoms with Crippen molar-refractivity contribution in [2.24, 2.45) is 5.92 Å². The van der Waals surface area contributed by atoms with Gasteiger partial charge in [-0.15, -0.1) is 0 Å². The van der Waals surface area contributed by atoms with Crippen molar-refractivity contribution >= 4 is 0 Å². The Labute approximate surface area is 61.1 Å². The van der Waals surface area contributed by atoms with Crippen molar-refractivity contribution < 1.29 is 10.2 Å². The molecule has 0 aromatic carbocycles. The summed E-state index contributed by atoms with van der Waals surface area (Å²) in [5.41, 5.74) is 0. The van der Waals surface area contributed by atoms with E-state index in [4.69, 9.17) is 10.2 Å². The Morgan fingerprint density at radius 2 is 2.30 bits per heavy atom. The third-order valence-corrected chi connectivity index (χ3v) is 1.94. The second kappa shape index (κ2) is 3.91. The Balaban J connectivity index is 2.34. The van der Waals surface area contributed by atoms with Gasteiger partial charge in [0.1, 0.15) is 0 Å². The second-order valence-electron chi connectivity index (χ2n) is 2.58. The quantitative estimate of drug-likeness (QED) is 0.530. The highest BCUT2D eigenvalue weighted by Crippen LogP contribution is 2.20. The van der Waals surface area contributed by atoms with E-state index in [9.17, 15) is 0 Å². The molecule has 2 radical (unpaired) electrons. The maximum absolute atomic E-state index is 8.80. The smallest absolute Gasteiger partial charge is 0.0498 e. The van der Waals surface area contributed by atoms with E-state index in [0.29, 0.717) is 6.54 Å². The molecule has 0 aromatic heterocycles. The third-order valence-electron chi connectivity index (χ3n) is 1.94. The number of nitrogens with zero attached hydrogens (tertiary/aromatic N) is 1. The van der Waals surface area contributed by atoms with Gasteiger partial charge in [-0.05, 0) is 6.42 Å².